The van der Waals surface area contributed by atoms with Crippen LogP contribution in [0.15, 0.2) is 0 Å². The summed E-state index contributed by atoms with van der Waals surface area (Å²) in [5, 5.41) is 9.19. The van der Waals surface area contributed by atoms with E-state index < -0.39 is 18.1 Å². The zero-order chi connectivity index (χ0) is 13.1. The minimum absolute atomic E-state index is 0.0129. The van der Waals surface area contributed by atoms with Crippen LogP contribution >= 0.6 is 0 Å². The molecule has 1 saturated carbocycles. The topological polar surface area (TPSA) is 66.8 Å². The monoisotopic (exact) mass is 255 g/mol. The maximum absolute atomic E-state index is 12.1. The quantitative estimate of drug-likeness (QED) is 0.822. The van der Waals surface area contributed by atoms with Gasteiger partial charge in [-0.05, 0) is 51.9 Å². The Hall–Kier alpha value is -1.26. The molecule has 1 amide bonds. The van der Waals surface area contributed by atoms with Crippen LogP contribution in [0.4, 0.5) is 4.79 Å². The van der Waals surface area contributed by atoms with E-state index in [1.54, 1.807) is 0 Å². The van der Waals surface area contributed by atoms with Gasteiger partial charge in [0, 0.05) is 6.04 Å². The van der Waals surface area contributed by atoms with Crippen LogP contribution in [0.25, 0.3) is 0 Å². The number of ether oxygens (including phenoxy) is 1. The zero-order valence-electron chi connectivity index (χ0n) is 10.8. The molecule has 1 N–H and O–H groups in total. The molecule has 0 unspecified atom stereocenters. The fraction of sp³-hybridized carbons (Fsp3) is 0.846. The van der Waals surface area contributed by atoms with Gasteiger partial charge in [0.15, 0.2) is 0 Å². The summed E-state index contributed by atoms with van der Waals surface area (Å²) in [5.41, 5.74) is 0. The third-order valence-corrected chi connectivity index (χ3v) is 3.98. The fourth-order valence-corrected chi connectivity index (χ4v) is 2.95. The highest BCUT2D eigenvalue weighted by Gasteiger charge is 2.38. The van der Waals surface area contributed by atoms with Crippen LogP contribution in [0.1, 0.15) is 51.9 Å². The van der Waals surface area contributed by atoms with Gasteiger partial charge < -0.3 is 9.84 Å². The lowest BCUT2D eigenvalue weighted by Crippen LogP contribution is -2.53. The van der Waals surface area contributed by atoms with Crippen molar-refractivity contribution in [3.63, 3.8) is 0 Å². The second-order valence-electron chi connectivity index (χ2n) is 5.33. The lowest BCUT2D eigenvalue weighted by Gasteiger charge is -2.38. The normalized spacial score (nSPS) is 29.3. The van der Waals surface area contributed by atoms with Crippen LogP contribution in [0.5, 0.6) is 0 Å². The molecule has 1 heterocycles. The number of hydrogen-bond donors (Lipinski definition) is 1. The van der Waals surface area contributed by atoms with E-state index >= 15 is 0 Å². The van der Waals surface area contributed by atoms with Crippen molar-refractivity contribution in [1.82, 2.24) is 4.90 Å². The van der Waals surface area contributed by atoms with Crippen LogP contribution < -0.4 is 0 Å². The molecular formula is C13H21NO4. The first-order valence-corrected chi connectivity index (χ1v) is 6.81. The SMILES string of the molecule is C[C@@H]1CCC[C@H](C(=O)O)N1C(=O)OC1CCCC1. The number of aliphatic carboxylic acids is 1. The predicted molar refractivity (Wildman–Crippen MR) is 65.3 cm³/mol. The van der Waals surface area contributed by atoms with Crippen LogP contribution in [0.2, 0.25) is 0 Å². The number of carboxylic acid groups (broad SMARTS) is 1. The van der Waals surface area contributed by atoms with Gasteiger partial charge in [-0.15, -0.1) is 0 Å². The summed E-state index contributed by atoms with van der Waals surface area (Å²) in [5.74, 6) is -0.926. The molecule has 1 saturated heterocycles. The fourth-order valence-electron chi connectivity index (χ4n) is 2.95. The minimum atomic E-state index is -0.926. The molecule has 0 aromatic rings. The Morgan fingerprint density at radius 1 is 1.11 bits per heavy atom. The highest BCUT2D eigenvalue weighted by molar-refractivity contribution is 5.80. The molecule has 5 heteroatoms. The lowest BCUT2D eigenvalue weighted by molar-refractivity contribution is -0.145. The number of nitrogens with zero attached hydrogens (tertiary/aromatic N) is 1. The molecule has 102 valence electrons. The van der Waals surface area contributed by atoms with E-state index in [-0.39, 0.29) is 12.1 Å². The van der Waals surface area contributed by atoms with Crippen molar-refractivity contribution in [2.45, 2.75) is 70.1 Å². The van der Waals surface area contributed by atoms with Crippen molar-refractivity contribution < 1.29 is 19.4 Å². The molecule has 2 fully saturated rings. The first-order chi connectivity index (χ1) is 8.59. The summed E-state index contributed by atoms with van der Waals surface area (Å²) in [6, 6.07) is -0.767. The molecule has 18 heavy (non-hydrogen) atoms. The van der Waals surface area contributed by atoms with Gasteiger partial charge in [0.2, 0.25) is 0 Å². The molecule has 0 aromatic heterocycles. The number of likely N-dealkylation sites (tertiary alicyclic amines) is 1. The molecule has 5 nitrogen and oxygen atoms in total. The molecule has 2 rings (SSSR count). The first-order valence-electron chi connectivity index (χ1n) is 6.81. The summed E-state index contributed by atoms with van der Waals surface area (Å²) in [7, 11) is 0. The van der Waals surface area contributed by atoms with E-state index in [2.05, 4.69) is 0 Å². The van der Waals surface area contributed by atoms with Gasteiger partial charge in [0.1, 0.15) is 12.1 Å². The average Bonchev–Trinajstić information content (AvgIpc) is 2.81. The van der Waals surface area contributed by atoms with Crippen molar-refractivity contribution in [2.24, 2.45) is 0 Å². The minimum Gasteiger partial charge on any atom is -0.480 e. The van der Waals surface area contributed by atoms with Gasteiger partial charge >= 0.3 is 12.1 Å². The Labute approximate surface area is 107 Å². The van der Waals surface area contributed by atoms with E-state index in [0.29, 0.717) is 6.42 Å². The van der Waals surface area contributed by atoms with E-state index in [1.165, 1.54) is 4.90 Å². The molecule has 1 aliphatic heterocycles. The van der Waals surface area contributed by atoms with Crippen molar-refractivity contribution in [2.75, 3.05) is 0 Å². The van der Waals surface area contributed by atoms with Gasteiger partial charge in [-0.2, -0.15) is 0 Å². The van der Waals surface area contributed by atoms with Crippen LogP contribution in [-0.4, -0.2) is 40.3 Å². The molecule has 0 aromatic carbocycles. The van der Waals surface area contributed by atoms with Crippen molar-refractivity contribution in [3.05, 3.63) is 0 Å². The Kier molecular flexibility index (Phi) is 4.09. The molecule has 0 bridgehead atoms. The number of hydrogen-bond acceptors (Lipinski definition) is 3. The summed E-state index contributed by atoms with van der Waals surface area (Å²) >= 11 is 0. The van der Waals surface area contributed by atoms with Crippen molar-refractivity contribution >= 4 is 12.1 Å². The van der Waals surface area contributed by atoms with E-state index in [9.17, 15) is 14.7 Å². The van der Waals surface area contributed by atoms with Crippen LogP contribution in [-0.2, 0) is 9.53 Å². The second kappa shape index (κ2) is 5.59. The van der Waals surface area contributed by atoms with Gasteiger partial charge in [0.25, 0.3) is 0 Å². The van der Waals surface area contributed by atoms with Crippen molar-refractivity contribution in [3.8, 4) is 0 Å². The van der Waals surface area contributed by atoms with Gasteiger partial charge in [0.05, 0.1) is 0 Å². The molecule has 1 aliphatic carbocycles. The Balaban J connectivity index is 2.01. The van der Waals surface area contributed by atoms with E-state index in [0.717, 1.165) is 38.5 Å². The first kappa shape index (κ1) is 13.2. The Morgan fingerprint density at radius 2 is 1.78 bits per heavy atom. The maximum atomic E-state index is 12.1. The third kappa shape index (κ3) is 2.76. The van der Waals surface area contributed by atoms with Crippen LogP contribution in [0.3, 0.4) is 0 Å². The number of carboxylic acids is 1. The molecule has 0 spiro atoms. The number of carbonyl (C=O) groups excluding carboxylic acids is 1. The molecular weight excluding hydrogens is 234 g/mol. The average molecular weight is 255 g/mol. The number of carbonyl (C=O) groups is 2. The van der Waals surface area contributed by atoms with E-state index in [1.807, 2.05) is 6.92 Å². The summed E-state index contributed by atoms with van der Waals surface area (Å²) in [6.45, 7) is 1.89. The second-order valence-corrected chi connectivity index (χ2v) is 5.33. The van der Waals surface area contributed by atoms with Crippen molar-refractivity contribution in [1.29, 1.82) is 0 Å². The van der Waals surface area contributed by atoms with E-state index in [4.69, 9.17) is 4.74 Å². The maximum Gasteiger partial charge on any atom is 0.411 e. The summed E-state index contributed by atoms with van der Waals surface area (Å²) < 4.78 is 5.43. The largest absolute Gasteiger partial charge is 0.480 e. The highest BCUT2D eigenvalue weighted by Crippen LogP contribution is 2.27. The predicted octanol–water partition coefficient (Wildman–Crippen LogP) is 2.39. The smallest absolute Gasteiger partial charge is 0.411 e. The van der Waals surface area contributed by atoms with Gasteiger partial charge in [-0.1, -0.05) is 0 Å². The third-order valence-electron chi connectivity index (χ3n) is 3.98. The number of piperidine rings is 1. The number of amides is 1. The molecule has 0 radical (unpaired) electrons. The Morgan fingerprint density at radius 3 is 2.39 bits per heavy atom. The molecule has 2 atom stereocenters. The molecule has 2 aliphatic rings. The highest BCUT2D eigenvalue weighted by atomic mass is 16.6. The summed E-state index contributed by atoms with van der Waals surface area (Å²) in [4.78, 5) is 24.7. The van der Waals surface area contributed by atoms with Gasteiger partial charge in [-0.3, -0.25) is 4.90 Å². The zero-order valence-corrected chi connectivity index (χ0v) is 10.8. The van der Waals surface area contributed by atoms with Gasteiger partial charge in [-0.25, -0.2) is 9.59 Å². The van der Waals surface area contributed by atoms with Crippen LogP contribution in [0, 0.1) is 0 Å². The summed E-state index contributed by atoms with van der Waals surface area (Å²) in [6.07, 6.45) is 5.78. The Bertz CT molecular complexity index is 325. The lowest BCUT2D eigenvalue weighted by atomic mass is 9.97. The number of rotatable bonds is 2. The standard InChI is InChI=1S/C13H21NO4/c1-9-5-4-8-11(12(15)16)14(9)13(17)18-10-6-2-3-7-10/h9-11H,2-8H2,1H3,(H,15,16)/t9-,11-/m1/s1.